The summed E-state index contributed by atoms with van der Waals surface area (Å²) >= 11 is 0. The molecule has 0 aromatic heterocycles. The SMILES string of the molecule is O=C(O)c1cc(OCCCS(=O)(=O)N2CCOCC2)c2ccccc2c1O. The van der Waals surface area contributed by atoms with Crippen LogP contribution in [0.3, 0.4) is 0 Å². The van der Waals surface area contributed by atoms with Crippen molar-refractivity contribution in [2.45, 2.75) is 6.42 Å². The third-order valence-corrected chi connectivity index (χ3v) is 6.33. The van der Waals surface area contributed by atoms with Gasteiger partial charge in [0.1, 0.15) is 17.1 Å². The molecular weight excluding hydrogens is 374 g/mol. The van der Waals surface area contributed by atoms with Crippen LogP contribution in [0.5, 0.6) is 11.5 Å². The van der Waals surface area contributed by atoms with Crippen LogP contribution in [0.4, 0.5) is 0 Å². The standard InChI is InChI=1S/C18H21NO7S/c20-17-14-5-2-1-4-13(14)16(12-15(17)18(21)22)26-8-3-11-27(23,24)19-6-9-25-10-7-19/h1-2,4-5,12,20H,3,6-11H2,(H,21,22). The Morgan fingerprint density at radius 2 is 1.85 bits per heavy atom. The summed E-state index contributed by atoms with van der Waals surface area (Å²) in [6, 6.07) is 8.01. The Bertz CT molecular complexity index is 936. The molecule has 27 heavy (non-hydrogen) atoms. The second-order valence-electron chi connectivity index (χ2n) is 6.15. The van der Waals surface area contributed by atoms with E-state index in [1.807, 2.05) is 0 Å². The molecule has 0 radical (unpaired) electrons. The number of fused-ring (bicyclic) bond motifs is 1. The van der Waals surface area contributed by atoms with Crippen molar-refractivity contribution in [1.82, 2.24) is 4.31 Å². The molecule has 2 N–H and O–H groups in total. The first-order valence-electron chi connectivity index (χ1n) is 8.56. The molecule has 0 amide bonds. The zero-order valence-corrected chi connectivity index (χ0v) is 15.4. The second-order valence-corrected chi connectivity index (χ2v) is 8.24. The van der Waals surface area contributed by atoms with Crippen LogP contribution in [-0.2, 0) is 14.8 Å². The third kappa shape index (κ3) is 4.32. The van der Waals surface area contributed by atoms with Gasteiger partial charge in [0.25, 0.3) is 0 Å². The largest absolute Gasteiger partial charge is 0.506 e. The predicted octanol–water partition coefficient (Wildman–Crippen LogP) is 1.67. The molecule has 0 saturated carbocycles. The van der Waals surface area contributed by atoms with Crippen molar-refractivity contribution in [2.24, 2.45) is 0 Å². The van der Waals surface area contributed by atoms with Crippen LogP contribution >= 0.6 is 0 Å². The Morgan fingerprint density at radius 1 is 1.19 bits per heavy atom. The van der Waals surface area contributed by atoms with Gasteiger partial charge >= 0.3 is 5.97 Å². The van der Waals surface area contributed by atoms with Gasteiger partial charge in [0.15, 0.2) is 0 Å². The number of hydrogen-bond donors (Lipinski definition) is 2. The van der Waals surface area contributed by atoms with Gasteiger partial charge in [-0.25, -0.2) is 13.2 Å². The van der Waals surface area contributed by atoms with E-state index in [2.05, 4.69) is 0 Å². The van der Waals surface area contributed by atoms with Crippen LogP contribution in [0.2, 0.25) is 0 Å². The molecule has 1 saturated heterocycles. The fourth-order valence-corrected chi connectivity index (χ4v) is 4.43. The third-order valence-electron chi connectivity index (χ3n) is 4.38. The van der Waals surface area contributed by atoms with Crippen molar-refractivity contribution in [3.63, 3.8) is 0 Å². The summed E-state index contributed by atoms with van der Waals surface area (Å²) in [6.45, 7) is 1.61. The van der Waals surface area contributed by atoms with Crippen LogP contribution in [0.15, 0.2) is 30.3 Å². The smallest absolute Gasteiger partial charge is 0.339 e. The maximum absolute atomic E-state index is 12.3. The van der Waals surface area contributed by atoms with Crippen LogP contribution < -0.4 is 4.74 Å². The van der Waals surface area contributed by atoms with Crippen molar-refractivity contribution >= 4 is 26.8 Å². The first-order valence-corrected chi connectivity index (χ1v) is 10.2. The van der Waals surface area contributed by atoms with Crippen molar-refractivity contribution in [1.29, 1.82) is 0 Å². The lowest BCUT2D eigenvalue weighted by Crippen LogP contribution is -2.42. The van der Waals surface area contributed by atoms with E-state index in [0.29, 0.717) is 42.8 Å². The van der Waals surface area contributed by atoms with Gasteiger partial charge in [0, 0.05) is 23.9 Å². The summed E-state index contributed by atoms with van der Waals surface area (Å²) in [5.74, 6) is -1.35. The van der Waals surface area contributed by atoms with E-state index in [9.17, 15) is 23.4 Å². The molecule has 8 nitrogen and oxygen atoms in total. The number of rotatable bonds is 7. The molecule has 2 aromatic rings. The number of sulfonamides is 1. The van der Waals surface area contributed by atoms with Crippen LogP contribution in [0, 0.1) is 0 Å². The second kappa shape index (κ2) is 8.12. The molecule has 1 aliphatic rings. The summed E-state index contributed by atoms with van der Waals surface area (Å²) in [4.78, 5) is 11.3. The minimum absolute atomic E-state index is 0.0607. The molecule has 1 aliphatic heterocycles. The molecule has 1 heterocycles. The molecular formula is C18H21NO7S. The zero-order valence-electron chi connectivity index (χ0n) is 14.6. The number of hydrogen-bond acceptors (Lipinski definition) is 6. The number of carboxylic acids is 1. The number of carbonyl (C=O) groups is 1. The molecule has 2 aromatic carbocycles. The molecule has 146 valence electrons. The van der Waals surface area contributed by atoms with E-state index in [1.165, 1.54) is 10.4 Å². The lowest BCUT2D eigenvalue weighted by Gasteiger charge is -2.26. The van der Waals surface area contributed by atoms with Gasteiger partial charge in [-0.15, -0.1) is 0 Å². The summed E-state index contributed by atoms with van der Waals surface area (Å²) in [5.41, 5.74) is -0.260. The summed E-state index contributed by atoms with van der Waals surface area (Å²) in [5, 5.41) is 20.3. The van der Waals surface area contributed by atoms with Crippen LogP contribution in [-0.4, -0.2) is 67.6 Å². The molecule has 0 atom stereocenters. The van der Waals surface area contributed by atoms with E-state index >= 15 is 0 Å². The highest BCUT2D eigenvalue weighted by molar-refractivity contribution is 7.89. The number of aromatic hydroxyl groups is 1. The Hall–Kier alpha value is -2.36. The molecule has 9 heteroatoms. The first-order chi connectivity index (χ1) is 12.9. The molecule has 0 bridgehead atoms. The van der Waals surface area contributed by atoms with Crippen molar-refractivity contribution < 1.29 is 32.9 Å². The fourth-order valence-electron chi connectivity index (χ4n) is 2.99. The number of carboxylic acid groups (broad SMARTS) is 1. The lowest BCUT2D eigenvalue weighted by molar-refractivity contribution is 0.0693. The van der Waals surface area contributed by atoms with E-state index < -0.39 is 16.0 Å². The average Bonchev–Trinajstić information content (AvgIpc) is 2.67. The minimum Gasteiger partial charge on any atom is -0.506 e. The summed E-state index contributed by atoms with van der Waals surface area (Å²) < 4.78 is 36.8. The van der Waals surface area contributed by atoms with Crippen molar-refractivity contribution in [3.05, 3.63) is 35.9 Å². The summed E-state index contributed by atoms with van der Waals surface area (Å²) in [7, 11) is -3.37. The average molecular weight is 395 g/mol. The quantitative estimate of drug-likeness (QED) is 0.686. The van der Waals surface area contributed by atoms with Crippen molar-refractivity contribution in [2.75, 3.05) is 38.7 Å². The predicted molar refractivity (Wildman–Crippen MR) is 98.9 cm³/mol. The molecule has 1 fully saturated rings. The van der Waals surface area contributed by atoms with Gasteiger partial charge in [0.2, 0.25) is 10.0 Å². The van der Waals surface area contributed by atoms with Gasteiger partial charge in [-0.05, 0) is 12.5 Å². The number of morpholine rings is 1. The molecule has 3 rings (SSSR count). The van der Waals surface area contributed by atoms with Gasteiger partial charge in [-0.1, -0.05) is 24.3 Å². The highest BCUT2D eigenvalue weighted by Crippen LogP contribution is 2.36. The molecule has 0 unspecified atom stereocenters. The normalized spacial score (nSPS) is 15.7. The number of phenols is 1. The number of ether oxygens (including phenoxy) is 2. The Morgan fingerprint density at radius 3 is 2.52 bits per heavy atom. The highest BCUT2D eigenvalue weighted by Gasteiger charge is 2.24. The minimum atomic E-state index is -3.37. The Kier molecular flexibility index (Phi) is 5.83. The number of aromatic carboxylic acids is 1. The fraction of sp³-hybridized carbons (Fsp3) is 0.389. The molecule has 0 aliphatic carbocycles. The maximum atomic E-state index is 12.3. The maximum Gasteiger partial charge on any atom is 0.339 e. The lowest BCUT2D eigenvalue weighted by atomic mass is 10.0. The van der Waals surface area contributed by atoms with Gasteiger partial charge in [0.05, 0.1) is 25.6 Å². The van der Waals surface area contributed by atoms with E-state index in [0.717, 1.165) is 0 Å². The van der Waals surface area contributed by atoms with Gasteiger partial charge < -0.3 is 19.7 Å². The first kappa shape index (κ1) is 19.4. The van der Waals surface area contributed by atoms with Crippen molar-refractivity contribution in [3.8, 4) is 11.5 Å². The van der Waals surface area contributed by atoms with E-state index in [-0.39, 0.29) is 30.1 Å². The molecule has 0 spiro atoms. The number of benzene rings is 2. The Balaban J connectivity index is 1.70. The van der Waals surface area contributed by atoms with E-state index in [1.54, 1.807) is 24.3 Å². The topological polar surface area (TPSA) is 113 Å². The monoisotopic (exact) mass is 395 g/mol. The number of nitrogens with zero attached hydrogens (tertiary/aromatic N) is 1. The highest BCUT2D eigenvalue weighted by atomic mass is 32.2. The zero-order chi connectivity index (χ0) is 19.4. The van der Waals surface area contributed by atoms with Gasteiger partial charge in [-0.2, -0.15) is 4.31 Å². The van der Waals surface area contributed by atoms with Crippen LogP contribution in [0.25, 0.3) is 10.8 Å². The summed E-state index contributed by atoms with van der Waals surface area (Å²) in [6.07, 6.45) is 0.261. The van der Waals surface area contributed by atoms with Crippen LogP contribution in [0.1, 0.15) is 16.8 Å². The van der Waals surface area contributed by atoms with Gasteiger partial charge in [-0.3, -0.25) is 0 Å². The van der Waals surface area contributed by atoms with E-state index in [4.69, 9.17) is 9.47 Å². The Labute approximate surface area is 157 Å².